The topological polar surface area (TPSA) is 53.5 Å². The lowest BCUT2D eigenvalue weighted by Crippen LogP contribution is -2.48. The third-order valence-corrected chi connectivity index (χ3v) is 7.19. The van der Waals surface area contributed by atoms with Crippen LogP contribution in [0.2, 0.25) is 0 Å². The zero-order valence-electron chi connectivity index (χ0n) is 19.0. The van der Waals surface area contributed by atoms with E-state index in [1.807, 2.05) is 36.4 Å². The van der Waals surface area contributed by atoms with Crippen molar-refractivity contribution in [3.63, 3.8) is 0 Å². The molecule has 0 N–H and O–H groups in total. The molecule has 0 bridgehead atoms. The molecule has 1 saturated heterocycles. The number of hydrogen-bond donors (Lipinski definition) is 0. The molecule has 5 nitrogen and oxygen atoms in total. The summed E-state index contributed by atoms with van der Waals surface area (Å²) in [4.78, 5) is 8.35. The van der Waals surface area contributed by atoms with Crippen LogP contribution in [0.4, 0.5) is 18.9 Å². The lowest BCUT2D eigenvalue weighted by Gasteiger charge is -2.43. The number of halogens is 3. The number of hydrogen-bond acceptors (Lipinski definition) is 5. The zero-order chi connectivity index (χ0) is 24.5. The Bertz CT molecular complexity index is 1260. The van der Waals surface area contributed by atoms with Crippen LogP contribution in [0.3, 0.4) is 0 Å². The summed E-state index contributed by atoms with van der Waals surface area (Å²) in [5.41, 5.74) is 1.89. The zero-order valence-corrected chi connectivity index (χ0v) is 19.8. The van der Waals surface area contributed by atoms with Crippen LogP contribution in [0.1, 0.15) is 28.4 Å². The molecule has 34 heavy (non-hydrogen) atoms. The average molecular weight is 490 g/mol. The third-order valence-electron chi connectivity index (χ3n) is 6.08. The predicted octanol–water partition coefficient (Wildman–Crippen LogP) is 4.88. The van der Waals surface area contributed by atoms with Gasteiger partial charge in [0.2, 0.25) is 0 Å². The highest BCUT2D eigenvalue weighted by Crippen LogP contribution is 2.33. The normalized spacial score (nSPS) is 17.7. The van der Waals surface area contributed by atoms with E-state index < -0.39 is 21.7 Å². The second-order valence-electron chi connectivity index (χ2n) is 8.62. The summed E-state index contributed by atoms with van der Waals surface area (Å²) in [5, 5.41) is 0. The largest absolute Gasteiger partial charge is 0.433 e. The molecule has 1 atom stereocenters. The number of nitrogens with zero attached hydrogens (tertiary/aromatic N) is 3. The Morgan fingerprint density at radius 3 is 2.41 bits per heavy atom. The first kappa shape index (κ1) is 24.2. The third kappa shape index (κ3) is 5.42. The number of aromatic nitrogens is 1. The number of aryl methyl sites for hydroxylation is 1. The van der Waals surface area contributed by atoms with Gasteiger partial charge in [0.05, 0.1) is 10.9 Å². The minimum Gasteiger partial charge on any atom is -0.368 e. The van der Waals surface area contributed by atoms with E-state index in [-0.39, 0.29) is 16.5 Å². The molecule has 2 aromatic carbocycles. The summed E-state index contributed by atoms with van der Waals surface area (Å²) < 4.78 is 63.4. The molecule has 1 aliphatic rings. The number of anilines is 1. The first-order valence-corrected chi connectivity index (χ1v) is 12.8. The van der Waals surface area contributed by atoms with Gasteiger partial charge in [0.25, 0.3) is 0 Å². The highest BCUT2D eigenvalue weighted by Gasteiger charge is 2.35. The molecule has 9 heteroatoms. The Hall–Kier alpha value is -2.91. The monoisotopic (exact) mass is 489 g/mol. The van der Waals surface area contributed by atoms with Crippen LogP contribution >= 0.6 is 0 Å². The Morgan fingerprint density at radius 1 is 1.03 bits per heavy atom. The van der Waals surface area contributed by atoms with Gasteiger partial charge >= 0.3 is 6.18 Å². The van der Waals surface area contributed by atoms with Crippen molar-refractivity contribution in [2.24, 2.45) is 0 Å². The molecule has 1 aliphatic heterocycles. The van der Waals surface area contributed by atoms with Gasteiger partial charge in [-0.2, -0.15) is 13.2 Å². The van der Waals surface area contributed by atoms with Crippen molar-refractivity contribution >= 4 is 15.5 Å². The van der Waals surface area contributed by atoms with Crippen LogP contribution in [0, 0.1) is 6.92 Å². The Balaban J connectivity index is 1.61. The molecule has 180 valence electrons. The van der Waals surface area contributed by atoms with E-state index in [1.165, 1.54) is 19.4 Å². The fourth-order valence-electron chi connectivity index (χ4n) is 4.40. The van der Waals surface area contributed by atoms with E-state index in [1.54, 1.807) is 24.3 Å². The van der Waals surface area contributed by atoms with Crippen molar-refractivity contribution in [3.8, 4) is 0 Å². The van der Waals surface area contributed by atoms with Crippen LogP contribution in [0.15, 0.2) is 71.8 Å². The average Bonchev–Trinajstić information content (AvgIpc) is 2.79. The number of pyridine rings is 1. The lowest BCUT2D eigenvalue weighted by molar-refractivity contribution is -0.141. The molecule has 0 radical (unpaired) electrons. The minimum atomic E-state index is -4.47. The van der Waals surface area contributed by atoms with Crippen LogP contribution in [-0.4, -0.2) is 44.2 Å². The van der Waals surface area contributed by atoms with E-state index in [2.05, 4.69) is 14.8 Å². The lowest BCUT2D eigenvalue weighted by atomic mass is 10.0. The molecule has 4 rings (SSSR count). The molecular formula is C25H26F3N3O2S. The van der Waals surface area contributed by atoms with E-state index >= 15 is 0 Å². The predicted molar refractivity (Wildman–Crippen MR) is 125 cm³/mol. The molecule has 0 saturated carbocycles. The number of piperazine rings is 1. The summed E-state index contributed by atoms with van der Waals surface area (Å²) in [5.74, 6) is 0. The van der Waals surface area contributed by atoms with Crippen molar-refractivity contribution in [3.05, 3.63) is 89.2 Å². The molecule has 3 aromatic rings. The van der Waals surface area contributed by atoms with E-state index in [0.717, 1.165) is 16.8 Å². The van der Waals surface area contributed by atoms with Gasteiger partial charge in [0.15, 0.2) is 9.84 Å². The van der Waals surface area contributed by atoms with Gasteiger partial charge in [0.1, 0.15) is 5.69 Å². The van der Waals surface area contributed by atoms with Gasteiger partial charge in [-0.3, -0.25) is 9.88 Å². The standard InChI is InChI=1S/C25H26F3N3O2S/c1-18-13-19(15-29-24(18)25(26,27)28)16-31-12-11-30(17-23(31)20-7-4-3-5-8-20)21-9-6-10-22(14-21)34(2,32)33/h3-10,13-15,23H,11-12,16-17H2,1-2H3. The smallest absolute Gasteiger partial charge is 0.368 e. The molecule has 0 aliphatic carbocycles. The van der Waals surface area contributed by atoms with Crippen LogP contribution in [-0.2, 0) is 22.6 Å². The second kappa shape index (κ2) is 9.38. The fourth-order valence-corrected chi connectivity index (χ4v) is 5.06. The summed E-state index contributed by atoms with van der Waals surface area (Å²) in [6.07, 6.45) is -1.97. The van der Waals surface area contributed by atoms with Gasteiger partial charge in [-0.25, -0.2) is 8.42 Å². The molecule has 1 aromatic heterocycles. The van der Waals surface area contributed by atoms with E-state index in [0.29, 0.717) is 26.2 Å². The summed E-state index contributed by atoms with van der Waals surface area (Å²) in [6.45, 7) is 3.82. The molecule has 2 heterocycles. The first-order valence-electron chi connectivity index (χ1n) is 10.9. The van der Waals surface area contributed by atoms with E-state index in [4.69, 9.17) is 0 Å². The van der Waals surface area contributed by atoms with Crippen molar-refractivity contribution in [1.29, 1.82) is 0 Å². The number of alkyl halides is 3. The maximum Gasteiger partial charge on any atom is 0.433 e. The van der Waals surface area contributed by atoms with Gasteiger partial charge in [-0.05, 0) is 41.8 Å². The molecular weight excluding hydrogens is 463 g/mol. The number of sulfone groups is 1. The van der Waals surface area contributed by atoms with Gasteiger partial charge in [0, 0.05) is 44.3 Å². The molecule has 0 spiro atoms. The Kier molecular flexibility index (Phi) is 6.69. The van der Waals surface area contributed by atoms with Gasteiger partial charge in [-0.15, -0.1) is 0 Å². The van der Waals surface area contributed by atoms with E-state index in [9.17, 15) is 21.6 Å². The SMILES string of the molecule is Cc1cc(CN2CCN(c3cccc(S(C)(=O)=O)c3)CC2c2ccccc2)cnc1C(F)(F)F. The maximum atomic E-state index is 13.1. The van der Waals surface area contributed by atoms with Gasteiger partial charge < -0.3 is 4.90 Å². The van der Waals surface area contributed by atoms with Gasteiger partial charge in [-0.1, -0.05) is 42.5 Å². The quantitative estimate of drug-likeness (QED) is 0.512. The molecule has 1 unspecified atom stereocenters. The fraction of sp³-hybridized carbons (Fsp3) is 0.320. The minimum absolute atomic E-state index is 0.0283. The van der Waals surface area contributed by atoms with Crippen LogP contribution in [0.25, 0.3) is 0 Å². The Morgan fingerprint density at radius 2 is 1.76 bits per heavy atom. The summed E-state index contributed by atoms with van der Waals surface area (Å²) in [6, 6.07) is 18.4. The second-order valence-corrected chi connectivity index (χ2v) is 10.6. The molecule has 0 amide bonds. The van der Waals surface area contributed by atoms with Crippen molar-refractivity contribution < 1.29 is 21.6 Å². The van der Waals surface area contributed by atoms with Crippen molar-refractivity contribution in [1.82, 2.24) is 9.88 Å². The maximum absolute atomic E-state index is 13.1. The highest BCUT2D eigenvalue weighted by atomic mass is 32.2. The van der Waals surface area contributed by atoms with Crippen LogP contribution < -0.4 is 4.90 Å². The van der Waals surface area contributed by atoms with Crippen LogP contribution in [0.5, 0.6) is 0 Å². The molecule has 1 fully saturated rings. The van der Waals surface area contributed by atoms with Crippen molar-refractivity contribution in [2.75, 3.05) is 30.8 Å². The van der Waals surface area contributed by atoms with Crippen molar-refractivity contribution in [2.45, 2.75) is 30.6 Å². The summed E-state index contributed by atoms with van der Waals surface area (Å²) >= 11 is 0. The highest BCUT2D eigenvalue weighted by molar-refractivity contribution is 7.90. The number of rotatable bonds is 5. The Labute approximate surface area is 197 Å². The first-order chi connectivity index (χ1) is 16.0. The summed E-state index contributed by atoms with van der Waals surface area (Å²) in [7, 11) is -3.32. The number of benzene rings is 2.